The molecule has 0 bridgehead atoms. The maximum atomic E-state index is 13.6. The van der Waals surface area contributed by atoms with Crippen molar-refractivity contribution in [2.45, 2.75) is 26.8 Å². The number of rotatable bonds is 6. The smallest absolute Gasteiger partial charge is 0.274 e. The van der Waals surface area contributed by atoms with Gasteiger partial charge in [0.2, 0.25) is 0 Å². The molecule has 0 saturated heterocycles. The molecule has 2 N–H and O–H groups in total. The summed E-state index contributed by atoms with van der Waals surface area (Å²) in [4.78, 5) is 37.4. The largest absolute Gasteiger partial charge is 0.350 e. The van der Waals surface area contributed by atoms with Crippen molar-refractivity contribution in [1.82, 2.24) is 20.4 Å². The lowest BCUT2D eigenvalue weighted by atomic mass is 10.1. The second kappa shape index (κ2) is 8.86. The third-order valence-electron chi connectivity index (χ3n) is 4.66. The first-order chi connectivity index (χ1) is 14.3. The Balaban J connectivity index is 1.68. The summed E-state index contributed by atoms with van der Waals surface area (Å²) in [5, 5.41) is 10.5. The Hall–Kier alpha value is -3.55. The van der Waals surface area contributed by atoms with Crippen LogP contribution in [0.1, 0.15) is 46.3 Å². The highest BCUT2D eigenvalue weighted by Gasteiger charge is 2.17. The van der Waals surface area contributed by atoms with E-state index in [0.29, 0.717) is 16.3 Å². The molecule has 0 aliphatic heterocycles. The van der Waals surface area contributed by atoms with Crippen molar-refractivity contribution in [3.8, 4) is 0 Å². The minimum Gasteiger partial charge on any atom is -0.350 e. The Morgan fingerprint density at radius 2 is 1.67 bits per heavy atom. The Bertz CT molecular complexity index is 1170. The number of hydrogen-bond acceptors (Lipinski definition) is 4. The molecule has 0 aliphatic rings. The second-order valence-corrected chi connectivity index (χ2v) is 7.21. The molecule has 0 spiro atoms. The molecular formula is C22H23FN4O3. The van der Waals surface area contributed by atoms with Gasteiger partial charge in [-0.15, -0.1) is 0 Å². The number of nitrogens with one attached hydrogen (secondary N) is 2. The van der Waals surface area contributed by atoms with Crippen LogP contribution in [0.5, 0.6) is 0 Å². The maximum absolute atomic E-state index is 13.6. The van der Waals surface area contributed by atoms with Crippen molar-refractivity contribution < 1.29 is 14.0 Å². The van der Waals surface area contributed by atoms with Crippen LogP contribution in [-0.2, 0) is 0 Å². The van der Waals surface area contributed by atoms with Gasteiger partial charge in [0, 0.05) is 24.0 Å². The first kappa shape index (κ1) is 21.2. The number of benzene rings is 2. The molecular weight excluding hydrogens is 387 g/mol. The van der Waals surface area contributed by atoms with Crippen molar-refractivity contribution in [3.63, 3.8) is 0 Å². The molecule has 0 radical (unpaired) electrons. The summed E-state index contributed by atoms with van der Waals surface area (Å²) in [7, 11) is 0. The molecule has 2 amide bonds. The lowest BCUT2D eigenvalue weighted by molar-refractivity contribution is 0.0924. The van der Waals surface area contributed by atoms with Crippen molar-refractivity contribution in [1.29, 1.82) is 0 Å². The molecule has 0 fully saturated rings. The zero-order valence-electron chi connectivity index (χ0n) is 17.0. The fourth-order valence-electron chi connectivity index (χ4n) is 3.00. The van der Waals surface area contributed by atoms with Gasteiger partial charge >= 0.3 is 0 Å². The van der Waals surface area contributed by atoms with Crippen molar-refractivity contribution >= 4 is 22.6 Å². The quantitative estimate of drug-likeness (QED) is 0.611. The van der Waals surface area contributed by atoms with E-state index in [9.17, 15) is 18.8 Å². The molecule has 30 heavy (non-hydrogen) atoms. The Labute approximate surface area is 172 Å². The predicted molar refractivity (Wildman–Crippen MR) is 112 cm³/mol. The topological polar surface area (TPSA) is 93.1 Å². The van der Waals surface area contributed by atoms with E-state index >= 15 is 0 Å². The van der Waals surface area contributed by atoms with Gasteiger partial charge in [-0.2, -0.15) is 5.10 Å². The monoisotopic (exact) mass is 410 g/mol. The molecule has 2 aromatic carbocycles. The van der Waals surface area contributed by atoms with Gasteiger partial charge in [0.1, 0.15) is 5.82 Å². The second-order valence-electron chi connectivity index (χ2n) is 7.21. The van der Waals surface area contributed by atoms with E-state index in [4.69, 9.17) is 0 Å². The van der Waals surface area contributed by atoms with Crippen LogP contribution in [0.25, 0.3) is 10.8 Å². The van der Waals surface area contributed by atoms with E-state index in [0.717, 1.165) is 0 Å². The fraction of sp³-hybridized carbons (Fsp3) is 0.273. The lowest BCUT2D eigenvalue weighted by Gasteiger charge is -2.13. The minimum absolute atomic E-state index is 0.144. The van der Waals surface area contributed by atoms with Gasteiger partial charge in [0.05, 0.1) is 11.4 Å². The molecule has 1 heterocycles. The molecule has 7 nitrogen and oxygen atoms in total. The number of fused-ring (bicyclic) bond motifs is 1. The van der Waals surface area contributed by atoms with E-state index in [1.165, 1.54) is 22.9 Å². The minimum atomic E-state index is -0.450. The summed E-state index contributed by atoms with van der Waals surface area (Å²) in [6, 6.07) is 10.9. The van der Waals surface area contributed by atoms with Gasteiger partial charge in [-0.05, 0) is 44.5 Å². The van der Waals surface area contributed by atoms with Crippen LogP contribution in [0, 0.1) is 12.7 Å². The fourth-order valence-corrected chi connectivity index (χ4v) is 3.00. The lowest BCUT2D eigenvalue weighted by Crippen LogP contribution is -2.36. The van der Waals surface area contributed by atoms with Gasteiger partial charge in [0.25, 0.3) is 17.4 Å². The summed E-state index contributed by atoms with van der Waals surface area (Å²) < 4.78 is 14.9. The summed E-state index contributed by atoms with van der Waals surface area (Å²) in [5.41, 5.74) is 0.558. The molecule has 8 heteroatoms. The van der Waals surface area contributed by atoms with Crippen LogP contribution in [0.4, 0.5) is 4.39 Å². The standard InChI is InChI=1S/C22H23FN4O3/c1-13(2)27-22(30)17-7-5-4-6-16(17)19(26-27)21(29)25-11-10-24-20(28)15-9-8-14(3)18(23)12-15/h4-9,12-13H,10-11H2,1-3H3,(H,24,28)(H,25,29). The van der Waals surface area contributed by atoms with Crippen LogP contribution in [0.15, 0.2) is 47.3 Å². The number of amides is 2. The maximum Gasteiger partial charge on any atom is 0.274 e. The van der Waals surface area contributed by atoms with Crippen molar-refractivity contribution in [3.05, 3.63) is 75.5 Å². The van der Waals surface area contributed by atoms with Gasteiger partial charge in [-0.1, -0.05) is 24.3 Å². The summed E-state index contributed by atoms with van der Waals surface area (Å²) >= 11 is 0. The Kier molecular flexibility index (Phi) is 6.25. The van der Waals surface area contributed by atoms with Gasteiger partial charge in [0.15, 0.2) is 5.69 Å². The number of halogens is 1. The summed E-state index contributed by atoms with van der Waals surface area (Å²) in [6.45, 7) is 5.55. The molecule has 1 aromatic heterocycles. The molecule has 0 aliphatic carbocycles. The third-order valence-corrected chi connectivity index (χ3v) is 4.66. The van der Waals surface area contributed by atoms with Gasteiger partial charge in [-0.3, -0.25) is 14.4 Å². The SMILES string of the molecule is Cc1ccc(C(=O)NCCNC(=O)c2nn(C(C)C)c(=O)c3ccccc23)cc1F. The Morgan fingerprint density at radius 1 is 1.03 bits per heavy atom. The first-order valence-electron chi connectivity index (χ1n) is 9.63. The highest BCUT2D eigenvalue weighted by atomic mass is 19.1. The van der Waals surface area contributed by atoms with Crippen LogP contribution < -0.4 is 16.2 Å². The van der Waals surface area contributed by atoms with Crippen molar-refractivity contribution in [2.24, 2.45) is 0 Å². The number of aromatic nitrogens is 2. The normalized spacial score (nSPS) is 11.0. The van der Waals surface area contributed by atoms with E-state index in [1.54, 1.807) is 31.2 Å². The highest BCUT2D eigenvalue weighted by Crippen LogP contribution is 2.14. The summed E-state index contributed by atoms with van der Waals surface area (Å²) in [6.07, 6.45) is 0. The molecule has 0 atom stereocenters. The predicted octanol–water partition coefficient (Wildman–Crippen LogP) is 2.58. The van der Waals surface area contributed by atoms with Crippen LogP contribution in [0.2, 0.25) is 0 Å². The highest BCUT2D eigenvalue weighted by molar-refractivity contribution is 6.04. The molecule has 0 saturated carbocycles. The van der Waals surface area contributed by atoms with Gasteiger partial charge < -0.3 is 10.6 Å². The zero-order valence-corrected chi connectivity index (χ0v) is 17.0. The van der Waals surface area contributed by atoms with E-state index in [2.05, 4.69) is 15.7 Å². The van der Waals surface area contributed by atoms with Crippen LogP contribution in [-0.4, -0.2) is 34.7 Å². The van der Waals surface area contributed by atoms with E-state index in [1.807, 2.05) is 13.8 Å². The zero-order chi connectivity index (χ0) is 21.8. The van der Waals surface area contributed by atoms with Gasteiger partial charge in [-0.25, -0.2) is 9.07 Å². The van der Waals surface area contributed by atoms with Crippen LogP contribution in [0.3, 0.4) is 0 Å². The number of carbonyl (C=O) groups excluding carboxylic acids is 2. The molecule has 156 valence electrons. The van der Waals surface area contributed by atoms with Crippen LogP contribution >= 0.6 is 0 Å². The number of aryl methyl sites for hydroxylation is 1. The first-order valence-corrected chi connectivity index (χ1v) is 9.63. The number of carbonyl (C=O) groups is 2. The van der Waals surface area contributed by atoms with Crippen molar-refractivity contribution in [2.75, 3.05) is 13.1 Å². The van der Waals surface area contributed by atoms with E-state index < -0.39 is 17.6 Å². The number of hydrogen-bond donors (Lipinski definition) is 2. The average molecular weight is 410 g/mol. The number of nitrogens with zero attached hydrogens (tertiary/aromatic N) is 2. The molecule has 3 aromatic rings. The van der Waals surface area contributed by atoms with E-state index in [-0.39, 0.29) is 35.9 Å². The third kappa shape index (κ3) is 4.37. The Morgan fingerprint density at radius 3 is 2.30 bits per heavy atom. The summed E-state index contributed by atoms with van der Waals surface area (Å²) in [5.74, 6) is -1.33. The average Bonchev–Trinajstić information content (AvgIpc) is 2.73. The molecule has 0 unspecified atom stereocenters. The molecule has 3 rings (SSSR count).